The molecule has 2 aromatic carbocycles. The molecule has 0 aliphatic rings. The van der Waals surface area contributed by atoms with Crippen LogP contribution in [-0.4, -0.2) is 30.1 Å². The Bertz CT molecular complexity index is 1100. The first-order valence-electron chi connectivity index (χ1n) is 8.67. The van der Waals surface area contributed by atoms with Crippen LogP contribution in [0.2, 0.25) is 0 Å². The van der Waals surface area contributed by atoms with Gasteiger partial charge in [0.1, 0.15) is 11.4 Å². The zero-order valence-corrected chi connectivity index (χ0v) is 15.7. The molecule has 1 amide bonds. The van der Waals surface area contributed by atoms with E-state index in [1.165, 1.54) is 20.1 Å². The maximum Gasteiger partial charge on any atom is 0.355 e. The van der Waals surface area contributed by atoms with Crippen molar-refractivity contribution in [1.82, 2.24) is 4.98 Å². The Morgan fingerprint density at radius 2 is 1.86 bits per heavy atom. The molecule has 7 nitrogen and oxygen atoms in total. The number of fused-ring (bicyclic) bond motifs is 1. The first-order valence-corrected chi connectivity index (χ1v) is 8.67. The molecule has 0 radical (unpaired) electrons. The molecule has 3 aromatic rings. The number of hydrogen-bond donors (Lipinski definition) is 2. The van der Waals surface area contributed by atoms with Crippen LogP contribution < -0.4 is 15.6 Å². The first-order chi connectivity index (χ1) is 13.4. The summed E-state index contributed by atoms with van der Waals surface area (Å²) in [4.78, 5) is 39.4. The Labute approximate surface area is 161 Å². The van der Waals surface area contributed by atoms with Gasteiger partial charge >= 0.3 is 5.97 Å². The highest BCUT2D eigenvalue weighted by atomic mass is 16.5. The van der Waals surface area contributed by atoms with Crippen LogP contribution in [0.3, 0.4) is 0 Å². The third-order valence-corrected chi connectivity index (χ3v) is 4.24. The average Bonchev–Trinajstić information content (AvgIpc) is 2.68. The van der Waals surface area contributed by atoms with E-state index in [4.69, 9.17) is 9.47 Å². The predicted molar refractivity (Wildman–Crippen MR) is 106 cm³/mol. The molecule has 0 spiro atoms. The Kier molecular flexibility index (Phi) is 5.44. The summed E-state index contributed by atoms with van der Waals surface area (Å²) in [6.07, 6.45) is -1.08. The number of nitrogens with one attached hydrogen (secondary N) is 2. The van der Waals surface area contributed by atoms with Gasteiger partial charge in [0, 0.05) is 5.39 Å². The van der Waals surface area contributed by atoms with E-state index in [1.807, 2.05) is 13.0 Å². The number of anilines is 1. The van der Waals surface area contributed by atoms with Gasteiger partial charge in [-0.3, -0.25) is 9.59 Å². The highest BCUT2D eigenvalue weighted by molar-refractivity contribution is 5.98. The topological polar surface area (TPSA) is 97.5 Å². The van der Waals surface area contributed by atoms with Crippen molar-refractivity contribution in [3.63, 3.8) is 0 Å². The Morgan fingerprint density at radius 1 is 1.11 bits per heavy atom. The van der Waals surface area contributed by atoms with Gasteiger partial charge in [0.15, 0.2) is 6.10 Å². The zero-order chi connectivity index (χ0) is 20.3. The maximum absolute atomic E-state index is 12.4. The van der Waals surface area contributed by atoms with E-state index in [0.717, 1.165) is 5.56 Å². The molecule has 0 aliphatic heterocycles. The molecule has 0 aliphatic carbocycles. The highest BCUT2D eigenvalue weighted by Crippen LogP contribution is 2.25. The molecule has 0 saturated carbocycles. The highest BCUT2D eigenvalue weighted by Gasteiger charge is 2.21. The molecule has 1 heterocycles. The molecule has 0 fully saturated rings. The molecule has 2 N–H and O–H groups in total. The van der Waals surface area contributed by atoms with Crippen molar-refractivity contribution in [3.05, 3.63) is 70.1 Å². The lowest BCUT2D eigenvalue weighted by Gasteiger charge is -2.15. The Morgan fingerprint density at radius 3 is 2.61 bits per heavy atom. The smallest absolute Gasteiger partial charge is 0.355 e. The van der Waals surface area contributed by atoms with E-state index < -0.39 is 23.5 Å². The summed E-state index contributed by atoms with van der Waals surface area (Å²) in [5.41, 5.74) is 1.01. The van der Waals surface area contributed by atoms with Gasteiger partial charge in [-0.05, 0) is 49.1 Å². The minimum Gasteiger partial charge on any atom is -0.495 e. The number of aromatic amines is 1. The lowest BCUT2D eigenvalue weighted by Crippen LogP contribution is -2.30. The molecule has 1 atom stereocenters. The van der Waals surface area contributed by atoms with Crippen molar-refractivity contribution >= 4 is 28.3 Å². The molecule has 1 aromatic heterocycles. The lowest BCUT2D eigenvalue weighted by atomic mass is 10.1. The van der Waals surface area contributed by atoms with Crippen molar-refractivity contribution in [2.75, 3.05) is 12.4 Å². The fourth-order valence-corrected chi connectivity index (χ4v) is 2.75. The van der Waals surface area contributed by atoms with Gasteiger partial charge in [-0.25, -0.2) is 4.79 Å². The number of esters is 1. The standard InChI is InChI=1S/C21H20N2O5/c1-12-8-9-18(27-3)16(10-12)22-19(24)13(2)28-21(26)17-11-14-6-4-5-7-15(14)20(25)23-17/h4-11,13H,1-3H3,(H,22,24)(H,23,25)/t13-/m1/s1. The van der Waals surface area contributed by atoms with E-state index in [0.29, 0.717) is 22.2 Å². The van der Waals surface area contributed by atoms with Crippen LogP contribution in [0.25, 0.3) is 10.8 Å². The number of benzene rings is 2. The van der Waals surface area contributed by atoms with Crippen LogP contribution in [-0.2, 0) is 9.53 Å². The second kappa shape index (κ2) is 7.96. The van der Waals surface area contributed by atoms with Crippen LogP contribution in [0, 0.1) is 6.92 Å². The van der Waals surface area contributed by atoms with Gasteiger partial charge in [-0.2, -0.15) is 0 Å². The summed E-state index contributed by atoms with van der Waals surface area (Å²) in [7, 11) is 1.50. The van der Waals surface area contributed by atoms with Gasteiger partial charge in [0.25, 0.3) is 11.5 Å². The number of methoxy groups -OCH3 is 1. The largest absolute Gasteiger partial charge is 0.495 e. The minimum atomic E-state index is -1.08. The van der Waals surface area contributed by atoms with Gasteiger partial charge in [0.05, 0.1) is 12.8 Å². The molecule has 0 saturated heterocycles. The van der Waals surface area contributed by atoms with Crippen molar-refractivity contribution in [1.29, 1.82) is 0 Å². The van der Waals surface area contributed by atoms with Crippen LogP contribution in [0.5, 0.6) is 5.75 Å². The third-order valence-electron chi connectivity index (χ3n) is 4.24. The number of aromatic nitrogens is 1. The van der Waals surface area contributed by atoms with Crippen molar-refractivity contribution < 1.29 is 19.1 Å². The number of amides is 1. The second-order valence-corrected chi connectivity index (χ2v) is 6.34. The molecular formula is C21H20N2O5. The van der Waals surface area contributed by atoms with Crippen LogP contribution in [0.1, 0.15) is 23.0 Å². The summed E-state index contributed by atoms with van der Waals surface area (Å²) < 4.78 is 10.4. The number of ether oxygens (including phenoxy) is 2. The van der Waals surface area contributed by atoms with Gasteiger partial charge in [-0.15, -0.1) is 0 Å². The van der Waals surface area contributed by atoms with Crippen LogP contribution in [0.4, 0.5) is 5.69 Å². The fourth-order valence-electron chi connectivity index (χ4n) is 2.75. The first kappa shape index (κ1) is 19.2. The van der Waals surface area contributed by atoms with Crippen LogP contribution >= 0.6 is 0 Å². The van der Waals surface area contributed by atoms with Crippen molar-refractivity contribution in [2.45, 2.75) is 20.0 Å². The maximum atomic E-state index is 12.4. The Hall–Kier alpha value is -3.61. The summed E-state index contributed by atoms with van der Waals surface area (Å²) in [6.45, 7) is 3.34. The molecule has 144 valence electrons. The van der Waals surface area contributed by atoms with Gasteiger partial charge in [0.2, 0.25) is 0 Å². The van der Waals surface area contributed by atoms with E-state index in [-0.39, 0.29) is 5.69 Å². The number of aryl methyl sites for hydroxylation is 1. The summed E-state index contributed by atoms with van der Waals surface area (Å²) in [5.74, 6) is -0.807. The molecule has 28 heavy (non-hydrogen) atoms. The number of pyridine rings is 1. The fraction of sp³-hybridized carbons (Fsp3) is 0.190. The summed E-state index contributed by atoms with van der Waals surface area (Å²) in [5, 5.41) is 3.77. The van der Waals surface area contributed by atoms with E-state index >= 15 is 0 Å². The number of carbonyl (C=O) groups excluding carboxylic acids is 2. The third kappa shape index (κ3) is 4.03. The summed E-state index contributed by atoms with van der Waals surface area (Å²) >= 11 is 0. The molecule has 3 rings (SSSR count). The monoisotopic (exact) mass is 380 g/mol. The summed E-state index contributed by atoms with van der Waals surface area (Å²) in [6, 6.07) is 13.8. The van der Waals surface area contributed by atoms with Crippen molar-refractivity contribution in [2.24, 2.45) is 0 Å². The number of rotatable bonds is 5. The van der Waals surface area contributed by atoms with Crippen LogP contribution in [0.15, 0.2) is 53.3 Å². The average molecular weight is 380 g/mol. The Balaban J connectivity index is 1.75. The SMILES string of the molecule is COc1ccc(C)cc1NC(=O)[C@@H](C)OC(=O)c1cc2ccccc2c(=O)[nH]1. The second-order valence-electron chi connectivity index (χ2n) is 6.34. The molecule has 0 bridgehead atoms. The number of hydrogen-bond acceptors (Lipinski definition) is 5. The van der Waals surface area contributed by atoms with Gasteiger partial charge < -0.3 is 19.8 Å². The van der Waals surface area contributed by atoms with Crippen molar-refractivity contribution in [3.8, 4) is 5.75 Å². The number of H-pyrrole nitrogens is 1. The molecule has 7 heteroatoms. The quantitative estimate of drug-likeness (QED) is 0.663. The predicted octanol–water partition coefficient (Wildman–Crippen LogP) is 3.03. The van der Waals surface area contributed by atoms with E-state index in [1.54, 1.807) is 36.4 Å². The minimum absolute atomic E-state index is 0.0171. The zero-order valence-electron chi connectivity index (χ0n) is 15.7. The van der Waals surface area contributed by atoms with E-state index in [2.05, 4.69) is 10.3 Å². The van der Waals surface area contributed by atoms with Gasteiger partial charge in [-0.1, -0.05) is 24.3 Å². The normalized spacial score (nSPS) is 11.7. The molecule has 0 unspecified atom stereocenters. The lowest BCUT2D eigenvalue weighted by molar-refractivity contribution is -0.123. The molecular weight excluding hydrogens is 360 g/mol. The van der Waals surface area contributed by atoms with E-state index in [9.17, 15) is 14.4 Å². The number of carbonyl (C=O) groups is 2.